The van der Waals surface area contributed by atoms with Crippen LogP contribution in [0.15, 0.2) is 22.7 Å². The number of halogens is 2. The Balaban J connectivity index is 2.16. The maximum absolute atomic E-state index is 11.7. The summed E-state index contributed by atoms with van der Waals surface area (Å²) in [6, 6.07) is 5.52. The van der Waals surface area contributed by atoms with Crippen LogP contribution in [0.1, 0.15) is 19.3 Å². The minimum atomic E-state index is -2.99. The van der Waals surface area contributed by atoms with Gasteiger partial charge in [0.15, 0.2) is 9.84 Å². The lowest BCUT2D eigenvalue weighted by Crippen LogP contribution is -2.34. The Labute approximate surface area is 121 Å². The van der Waals surface area contributed by atoms with Gasteiger partial charge in [0.1, 0.15) is 0 Å². The van der Waals surface area contributed by atoms with Gasteiger partial charge in [-0.3, -0.25) is 0 Å². The van der Waals surface area contributed by atoms with E-state index in [1.807, 2.05) is 12.1 Å². The number of hydrogen-bond donors (Lipinski definition) is 1. The molecule has 1 aromatic carbocycles. The summed E-state index contributed by atoms with van der Waals surface area (Å²) in [4.78, 5) is 0. The molecule has 0 aromatic heterocycles. The molecular formula is C12H15BrClNO2S. The second-order valence-corrected chi connectivity index (χ2v) is 8.20. The Morgan fingerprint density at radius 3 is 2.72 bits per heavy atom. The van der Waals surface area contributed by atoms with E-state index in [2.05, 4.69) is 21.2 Å². The maximum Gasteiger partial charge on any atom is 0.152 e. The van der Waals surface area contributed by atoms with Crippen LogP contribution in [0, 0.1) is 0 Å². The molecule has 1 fully saturated rings. The molecule has 1 aliphatic rings. The third-order valence-electron chi connectivity index (χ3n) is 3.27. The van der Waals surface area contributed by atoms with E-state index in [4.69, 9.17) is 11.6 Å². The lowest BCUT2D eigenvalue weighted by molar-refractivity contribution is 0.579. The monoisotopic (exact) mass is 351 g/mol. The average molecular weight is 353 g/mol. The van der Waals surface area contributed by atoms with Crippen LogP contribution in [0.2, 0.25) is 5.02 Å². The van der Waals surface area contributed by atoms with Crippen molar-refractivity contribution >= 4 is 43.1 Å². The second kappa shape index (κ2) is 5.39. The molecule has 2 atom stereocenters. The lowest BCUT2D eigenvalue weighted by atomic mass is 10.2. The highest BCUT2D eigenvalue weighted by molar-refractivity contribution is 9.10. The van der Waals surface area contributed by atoms with Gasteiger partial charge >= 0.3 is 0 Å². The number of benzene rings is 1. The molecule has 0 heterocycles. The van der Waals surface area contributed by atoms with E-state index in [-0.39, 0.29) is 11.3 Å². The predicted octanol–water partition coefficient (Wildman–Crippen LogP) is 3.48. The molecule has 1 aromatic rings. The van der Waals surface area contributed by atoms with Crippen LogP contribution in [0.25, 0.3) is 0 Å². The van der Waals surface area contributed by atoms with Gasteiger partial charge in [-0.05, 0) is 53.4 Å². The average Bonchev–Trinajstić information content (AvgIpc) is 2.71. The van der Waals surface area contributed by atoms with Crippen LogP contribution in [0.5, 0.6) is 0 Å². The first-order valence-corrected chi connectivity index (χ1v) is 8.91. The van der Waals surface area contributed by atoms with E-state index in [1.165, 1.54) is 6.26 Å². The Bertz CT molecular complexity index is 547. The Hall–Kier alpha value is -0.260. The zero-order valence-corrected chi connectivity index (χ0v) is 13.1. The van der Waals surface area contributed by atoms with Crippen LogP contribution >= 0.6 is 27.5 Å². The standard InChI is InChI=1S/C12H15BrClNO2S/c1-18(16,17)12-4-2-3-11(12)15-8-5-6-10(14)9(13)7-8/h5-7,11-12,15H,2-4H2,1H3. The molecule has 1 N–H and O–H groups in total. The summed E-state index contributed by atoms with van der Waals surface area (Å²) in [6.07, 6.45) is 3.89. The summed E-state index contributed by atoms with van der Waals surface area (Å²) in [7, 11) is -2.99. The van der Waals surface area contributed by atoms with Crippen molar-refractivity contribution in [1.82, 2.24) is 0 Å². The SMILES string of the molecule is CS(=O)(=O)C1CCCC1Nc1ccc(Cl)c(Br)c1. The van der Waals surface area contributed by atoms with Gasteiger partial charge in [-0.2, -0.15) is 0 Å². The van der Waals surface area contributed by atoms with Crippen LogP contribution < -0.4 is 5.32 Å². The van der Waals surface area contributed by atoms with Gasteiger partial charge in [0.25, 0.3) is 0 Å². The smallest absolute Gasteiger partial charge is 0.152 e. The predicted molar refractivity (Wildman–Crippen MR) is 79.0 cm³/mol. The maximum atomic E-state index is 11.7. The van der Waals surface area contributed by atoms with Crippen LogP contribution in [-0.2, 0) is 9.84 Å². The highest BCUT2D eigenvalue weighted by Gasteiger charge is 2.34. The summed E-state index contributed by atoms with van der Waals surface area (Å²) in [5.74, 6) is 0. The molecular weight excluding hydrogens is 338 g/mol. The summed E-state index contributed by atoms with van der Waals surface area (Å²) in [5.41, 5.74) is 0.895. The van der Waals surface area contributed by atoms with E-state index >= 15 is 0 Å². The highest BCUT2D eigenvalue weighted by atomic mass is 79.9. The number of nitrogens with one attached hydrogen (secondary N) is 1. The normalized spacial score (nSPS) is 24.2. The first-order valence-electron chi connectivity index (χ1n) is 5.78. The van der Waals surface area contributed by atoms with Gasteiger partial charge in [0.2, 0.25) is 0 Å². The number of anilines is 1. The van der Waals surface area contributed by atoms with Crippen molar-refractivity contribution in [3.05, 3.63) is 27.7 Å². The van der Waals surface area contributed by atoms with Gasteiger partial charge in [0.05, 0.1) is 10.3 Å². The molecule has 1 aliphatic carbocycles. The molecule has 0 spiro atoms. The van der Waals surface area contributed by atoms with E-state index < -0.39 is 9.84 Å². The second-order valence-electron chi connectivity index (χ2n) is 4.68. The minimum Gasteiger partial charge on any atom is -0.381 e. The van der Waals surface area contributed by atoms with Crippen molar-refractivity contribution in [2.75, 3.05) is 11.6 Å². The molecule has 2 unspecified atom stereocenters. The molecule has 6 heteroatoms. The van der Waals surface area contributed by atoms with E-state index in [0.29, 0.717) is 5.02 Å². The molecule has 1 saturated carbocycles. The Morgan fingerprint density at radius 2 is 2.11 bits per heavy atom. The van der Waals surface area contributed by atoms with Crippen molar-refractivity contribution < 1.29 is 8.42 Å². The number of hydrogen-bond acceptors (Lipinski definition) is 3. The quantitative estimate of drug-likeness (QED) is 0.906. The van der Waals surface area contributed by atoms with E-state index in [1.54, 1.807) is 6.07 Å². The largest absolute Gasteiger partial charge is 0.381 e. The van der Waals surface area contributed by atoms with E-state index in [9.17, 15) is 8.42 Å². The Morgan fingerprint density at radius 1 is 1.39 bits per heavy atom. The van der Waals surface area contributed by atoms with Crippen LogP contribution in [0.4, 0.5) is 5.69 Å². The molecule has 0 amide bonds. The third-order valence-corrected chi connectivity index (χ3v) is 6.15. The fraction of sp³-hybridized carbons (Fsp3) is 0.500. The van der Waals surface area contributed by atoms with Crippen molar-refractivity contribution in [2.45, 2.75) is 30.6 Å². The zero-order chi connectivity index (χ0) is 13.3. The molecule has 0 bridgehead atoms. The minimum absolute atomic E-state index is 0.00641. The molecule has 18 heavy (non-hydrogen) atoms. The van der Waals surface area contributed by atoms with Crippen LogP contribution in [-0.4, -0.2) is 26.0 Å². The van der Waals surface area contributed by atoms with Gasteiger partial charge in [-0.15, -0.1) is 0 Å². The first kappa shape index (κ1) is 14.2. The lowest BCUT2D eigenvalue weighted by Gasteiger charge is -2.20. The molecule has 100 valence electrons. The fourth-order valence-electron chi connectivity index (χ4n) is 2.40. The summed E-state index contributed by atoms with van der Waals surface area (Å²) < 4.78 is 24.2. The van der Waals surface area contributed by atoms with Gasteiger partial charge < -0.3 is 5.32 Å². The topological polar surface area (TPSA) is 46.2 Å². The van der Waals surface area contributed by atoms with Crippen molar-refractivity contribution in [3.63, 3.8) is 0 Å². The van der Waals surface area contributed by atoms with Gasteiger partial charge in [0, 0.05) is 22.5 Å². The van der Waals surface area contributed by atoms with Crippen LogP contribution in [0.3, 0.4) is 0 Å². The summed E-state index contributed by atoms with van der Waals surface area (Å²) in [5, 5.41) is 3.66. The van der Waals surface area contributed by atoms with Crippen molar-refractivity contribution in [2.24, 2.45) is 0 Å². The molecule has 3 nitrogen and oxygen atoms in total. The molecule has 2 rings (SSSR count). The highest BCUT2D eigenvalue weighted by Crippen LogP contribution is 2.30. The third kappa shape index (κ3) is 3.19. The number of sulfone groups is 1. The zero-order valence-electron chi connectivity index (χ0n) is 9.99. The summed E-state index contributed by atoms with van der Waals surface area (Å²) >= 11 is 9.29. The summed E-state index contributed by atoms with van der Waals surface area (Å²) in [6.45, 7) is 0. The first-order chi connectivity index (χ1) is 8.38. The van der Waals surface area contributed by atoms with Gasteiger partial charge in [-0.1, -0.05) is 11.6 Å². The number of rotatable bonds is 3. The fourth-order valence-corrected chi connectivity index (χ4v) is 4.30. The van der Waals surface area contributed by atoms with Crippen molar-refractivity contribution in [1.29, 1.82) is 0 Å². The molecule has 0 saturated heterocycles. The molecule has 0 radical (unpaired) electrons. The molecule has 0 aliphatic heterocycles. The Kier molecular flexibility index (Phi) is 4.24. The van der Waals surface area contributed by atoms with Gasteiger partial charge in [-0.25, -0.2) is 8.42 Å². The van der Waals surface area contributed by atoms with Crippen molar-refractivity contribution in [3.8, 4) is 0 Å². The van der Waals surface area contributed by atoms with E-state index in [0.717, 1.165) is 29.4 Å².